The van der Waals surface area contributed by atoms with Crippen molar-refractivity contribution in [2.24, 2.45) is 23.7 Å². The summed E-state index contributed by atoms with van der Waals surface area (Å²) >= 11 is 39.8. The van der Waals surface area contributed by atoms with Gasteiger partial charge < -0.3 is 0 Å². The van der Waals surface area contributed by atoms with Crippen LogP contribution >= 0.6 is 69.6 Å². The van der Waals surface area contributed by atoms with Crippen LogP contribution in [0.15, 0.2) is 34.3 Å². The second-order valence-electron chi connectivity index (χ2n) is 8.31. The average Bonchev–Trinajstić information content (AvgIpc) is 3.10. The molecule has 6 atom stereocenters. The van der Waals surface area contributed by atoms with Crippen molar-refractivity contribution in [3.8, 4) is 0 Å². The summed E-state index contributed by atoms with van der Waals surface area (Å²) in [7, 11) is 0. The van der Waals surface area contributed by atoms with Crippen molar-refractivity contribution in [1.29, 1.82) is 0 Å². The van der Waals surface area contributed by atoms with Crippen LogP contribution in [0.3, 0.4) is 0 Å². The van der Waals surface area contributed by atoms with E-state index in [0.717, 1.165) is 4.90 Å². The van der Waals surface area contributed by atoms with E-state index in [0.29, 0.717) is 0 Å². The van der Waals surface area contributed by atoms with Gasteiger partial charge >= 0.3 is 0 Å². The van der Waals surface area contributed by atoms with E-state index >= 15 is 0 Å². The number of nitro groups is 1. The number of nitro benzene ring substituents is 1. The third-order valence-electron chi connectivity index (χ3n) is 7.15. The fourth-order valence-corrected chi connectivity index (χ4v) is 8.81. The van der Waals surface area contributed by atoms with Gasteiger partial charge in [-0.05, 0) is 36.8 Å². The van der Waals surface area contributed by atoms with Crippen molar-refractivity contribution < 1.29 is 14.5 Å². The number of nitrogens with zero attached hydrogens (tertiary/aromatic N) is 2. The van der Waals surface area contributed by atoms with Crippen LogP contribution in [-0.2, 0) is 9.59 Å². The number of carbonyl (C=O) groups excluding carboxylic acids is 2. The Kier molecular flexibility index (Phi) is 4.73. The minimum absolute atomic E-state index is 0.0690. The highest BCUT2D eigenvalue weighted by Crippen LogP contribution is 2.79. The Morgan fingerprint density at radius 1 is 0.871 bits per heavy atom. The molecular formula is C19H12Cl6N2O4. The van der Waals surface area contributed by atoms with E-state index in [-0.39, 0.29) is 34.3 Å². The van der Waals surface area contributed by atoms with Crippen LogP contribution in [0.25, 0.3) is 0 Å². The smallest absolute Gasteiger partial charge is 0.269 e. The summed E-state index contributed by atoms with van der Waals surface area (Å²) in [6, 6.07) is 5.24. The second-order valence-corrected chi connectivity index (χ2v) is 11.6. The van der Waals surface area contributed by atoms with Gasteiger partial charge in [-0.2, -0.15) is 0 Å². The standard InChI is InChI=1S/C19H12Cl6N2O4/c20-13-14(21)18(23)12-6-10-9(5-11(12)17(13,22)19(18,24)25)15(28)26(16(10)29)7-1-3-8(4-2-7)27(30)31/h1-4,9-12H,5-6H2/t9-,10-,11+,12+,17+,18+/m0/s1. The third kappa shape index (κ3) is 2.39. The molecule has 3 fully saturated rings. The van der Waals surface area contributed by atoms with Crippen molar-refractivity contribution in [1.82, 2.24) is 0 Å². The second kappa shape index (κ2) is 6.64. The molecule has 1 aromatic carbocycles. The number of halogens is 6. The van der Waals surface area contributed by atoms with Crippen molar-refractivity contribution >= 4 is 92.8 Å². The molecule has 0 aromatic heterocycles. The van der Waals surface area contributed by atoms with E-state index < -0.39 is 54.5 Å². The summed E-state index contributed by atoms with van der Waals surface area (Å²) in [5.41, 5.74) is 0.123. The highest BCUT2D eigenvalue weighted by molar-refractivity contribution is 6.65. The number of carbonyl (C=O) groups is 2. The Morgan fingerprint density at radius 3 is 1.68 bits per heavy atom. The van der Waals surface area contributed by atoms with Gasteiger partial charge in [-0.25, -0.2) is 0 Å². The first-order valence-electron chi connectivity index (χ1n) is 9.33. The molecule has 5 rings (SSSR count). The van der Waals surface area contributed by atoms with Crippen molar-refractivity contribution in [3.05, 3.63) is 44.4 Å². The highest BCUT2D eigenvalue weighted by atomic mass is 35.5. The SMILES string of the molecule is O=C1[C@H]2C[C@@H]3[C@@H](C[C@@H]2C(=O)N1c1ccc([N+](=O)[O-])cc1)[C@@]1(Cl)C(Cl)=C(Cl)[C@@]3(Cl)C1(Cl)Cl. The summed E-state index contributed by atoms with van der Waals surface area (Å²) in [4.78, 5) is 34.9. The molecule has 0 radical (unpaired) electrons. The Balaban J connectivity index is 1.52. The Hall–Kier alpha value is -0.760. The van der Waals surface area contributed by atoms with Crippen molar-refractivity contribution in [2.75, 3.05) is 4.90 Å². The number of anilines is 1. The summed E-state index contributed by atoms with van der Waals surface area (Å²) in [6.45, 7) is 0. The molecule has 2 bridgehead atoms. The largest absolute Gasteiger partial charge is 0.274 e. The molecular weight excluding hydrogens is 533 g/mol. The number of benzene rings is 1. The molecule has 0 N–H and O–H groups in total. The van der Waals surface area contributed by atoms with Gasteiger partial charge in [-0.3, -0.25) is 24.6 Å². The van der Waals surface area contributed by atoms with E-state index in [1.165, 1.54) is 24.3 Å². The molecule has 31 heavy (non-hydrogen) atoms. The third-order valence-corrected chi connectivity index (χ3v) is 11.5. The molecule has 1 heterocycles. The highest BCUT2D eigenvalue weighted by Gasteiger charge is 2.83. The number of imide groups is 1. The maximum absolute atomic E-state index is 13.2. The average molecular weight is 545 g/mol. The van der Waals surface area contributed by atoms with E-state index in [9.17, 15) is 19.7 Å². The van der Waals surface area contributed by atoms with Crippen LogP contribution in [0, 0.1) is 33.8 Å². The lowest BCUT2D eigenvalue weighted by Crippen LogP contribution is -2.44. The lowest BCUT2D eigenvalue weighted by molar-refractivity contribution is -0.384. The monoisotopic (exact) mass is 542 g/mol. The van der Waals surface area contributed by atoms with Gasteiger partial charge in [0, 0.05) is 12.1 Å². The molecule has 3 aliphatic carbocycles. The lowest BCUT2D eigenvalue weighted by atomic mass is 9.65. The fraction of sp³-hybridized carbons (Fsp3) is 0.474. The van der Waals surface area contributed by atoms with Crippen LogP contribution in [0.5, 0.6) is 0 Å². The number of non-ortho nitro benzene ring substituents is 1. The van der Waals surface area contributed by atoms with Crippen LogP contribution in [-0.4, -0.2) is 30.8 Å². The van der Waals surface area contributed by atoms with Crippen LogP contribution in [0.1, 0.15) is 12.8 Å². The van der Waals surface area contributed by atoms with Crippen LogP contribution in [0.4, 0.5) is 11.4 Å². The predicted molar refractivity (Wildman–Crippen MR) is 119 cm³/mol. The molecule has 1 aromatic rings. The van der Waals surface area contributed by atoms with Gasteiger partial charge in [0.1, 0.15) is 9.75 Å². The first-order chi connectivity index (χ1) is 14.4. The number of alkyl halides is 4. The predicted octanol–water partition coefficient (Wildman–Crippen LogP) is 5.57. The minimum Gasteiger partial charge on any atom is -0.274 e. The maximum atomic E-state index is 13.2. The normalized spacial score (nSPS) is 40.4. The zero-order valence-corrected chi connectivity index (χ0v) is 19.9. The van der Waals surface area contributed by atoms with E-state index in [1.807, 2.05) is 0 Å². The summed E-state index contributed by atoms with van der Waals surface area (Å²) in [5, 5.41) is 11.0. The first-order valence-corrected chi connectivity index (χ1v) is 11.6. The van der Waals surface area contributed by atoms with Crippen molar-refractivity contribution in [2.45, 2.75) is 26.9 Å². The quantitative estimate of drug-likeness (QED) is 0.211. The first kappa shape index (κ1) is 22.1. The van der Waals surface area contributed by atoms with Gasteiger partial charge in [0.2, 0.25) is 11.8 Å². The Morgan fingerprint density at radius 2 is 1.29 bits per heavy atom. The number of allylic oxidation sites excluding steroid dienone is 2. The Labute approximate surface area is 206 Å². The number of rotatable bonds is 2. The van der Waals surface area contributed by atoms with Gasteiger partial charge in [-0.15, -0.1) is 23.2 Å². The molecule has 164 valence electrons. The summed E-state index contributed by atoms with van der Waals surface area (Å²) in [6.07, 6.45) is 0.422. The van der Waals surface area contributed by atoms with Crippen LogP contribution < -0.4 is 4.90 Å². The van der Waals surface area contributed by atoms with E-state index in [2.05, 4.69) is 0 Å². The minimum atomic E-state index is -1.71. The van der Waals surface area contributed by atoms with E-state index in [4.69, 9.17) is 69.6 Å². The topological polar surface area (TPSA) is 80.5 Å². The zero-order chi connectivity index (χ0) is 22.7. The number of fused-ring (bicyclic) bond motifs is 6. The molecule has 2 saturated carbocycles. The summed E-state index contributed by atoms with van der Waals surface area (Å²) in [5.74, 6) is -3.07. The molecule has 6 nitrogen and oxygen atoms in total. The molecule has 1 aliphatic heterocycles. The number of amides is 2. The fourth-order valence-electron chi connectivity index (χ4n) is 5.70. The number of hydrogen-bond acceptors (Lipinski definition) is 4. The van der Waals surface area contributed by atoms with Crippen LogP contribution in [0.2, 0.25) is 0 Å². The summed E-state index contributed by atoms with van der Waals surface area (Å²) < 4.78 is -1.71. The van der Waals surface area contributed by atoms with Gasteiger partial charge in [-0.1, -0.05) is 46.4 Å². The lowest BCUT2D eigenvalue weighted by Gasteiger charge is -2.42. The molecule has 0 spiro atoms. The van der Waals surface area contributed by atoms with Gasteiger partial charge in [0.25, 0.3) is 5.69 Å². The molecule has 12 heteroatoms. The van der Waals surface area contributed by atoms with Gasteiger partial charge in [0.05, 0.1) is 32.5 Å². The van der Waals surface area contributed by atoms with Gasteiger partial charge in [0.15, 0.2) is 4.33 Å². The number of hydrogen-bond donors (Lipinski definition) is 0. The van der Waals surface area contributed by atoms with E-state index in [1.54, 1.807) is 0 Å². The molecule has 2 amide bonds. The zero-order valence-electron chi connectivity index (χ0n) is 15.3. The molecule has 1 saturated heterocycles. The maximum Gasteiger partial charge on any atom is 0.269 e. The molecule has 0 unspecified atom stereocenters. The Bertz CT molecular complexity index is 1040. The van der Waals surface area contributed by atoms with Crippen molar-refractivity contribution in [3.63, 3.8) is 0 Å². The molecule has 4 aliphatic rings.